The van der Waals surface area contributed by atoms with Gasteiger partial charge in [0.15, 0.2) is 0 Å². The fourth-order valence-electron chi connectivity index (χ4n) is 2.13. The highest BCUT2D eigenvalue weighted by Gasteiger charge is 2.12. The molecule has 0 fully saturated rings. The molecule has 4 heteroatoms. The lowest BCUT2D eigenvalue weighted by atomic mass is 10.1. The van der Waals surface area contributed by atoms with E-state index in [-0.39, 0.29) is 0 Å². The number of nitrogens with zero attached hydrogens (tertiary/aromatic N) is 3. The van der Waals surface area contributed by atoms with Gasteiger partial charge in [-0.15, -0.1) is 0 Å². The molecule has 0 aliphatic carbocycles. The molecule has 4 nitrogen and oxygen atoms in total. The molecule has 0 saturated heterocycles. The van der Waals surface area contributed by atoms with Gasteiger partial charge in [-0.2, -0.15) is 0 Å². The first kappa shape index (κ1) is 13.0. The number of hydrogen-bond donors (Lipinski definition) is 1. The molecule has 0 spiro atoms. The summed E-state index contributed by atoms with van der Waals surface area (Å²) < 4.78 is 0. The molecule has 0 amide bonds. The van der Waals surface area contributed by atoms with Crippen LogP contribution < -0.4 is 10.2 Å². The number of aromatic nitrogens is 2. The number of anilines is 1. The van der Waals surface area contributed by atoms with E-state index in [2.05, 4.69) is 40.1 Å². The van der Waals surface area contributed by atoms with E-state index in [1.165, 1.54) is 5.57 Å². The third-order valence-corrected chi connectivity index (χ3v) is 3.06. The maximum atomic E-state index is 4.68. The van der Waals surface area contributed by atoms with Crippen molar-refractivity contribution in [3.05, 3.63) is 29.7 Å². The highest BCUT2D eigenvalue weighted by Crippen LogP contribution is 2.16. The summed E-state index contributed by atoms with van der Waals surface area (Å²) in [6.07, 6.45) is 8.26. The minimum Gasteiger partial charge on any atom is -0.351 e. The fraction of sp³-hybridized carbons (Fsp3) is 0.571. The largest absolute Gasteiger partial charge is 0.351 e. The average Bonchev–Trinajstić information content (AvgIpc) is 2.39. The zero-order chi connectivity index (χ0) is 12.8. The third kappa shape index (κ3) is 3.53. The smallest absolute Gasteiger partial charge is 0.147 e. The molecule has 0 aromatic carbocycles. The van der Waals surface area contributed by atoms with Crippen LogP contribution in [0.2, 0.25) is 0 Å². The predicted molar refractivity (Wildman–Crippen MR) is 74.6 cm³/mol. The molecule has 2 rings (SSSR count). The summed E-state index contributed by atoms with van der Waals surface area (Å²) in [5.74, 6) is 0.998. The van der Waals surface area contributed by atoms with Gasteiger partial charge in [0.2, 0.25) is 0 Å². The van der Waals surface area contributed by atoms with Crippen molar-refractivity contribution >= 4 is 5.82 Å². The van der Waals surface area contributed by atoms with Gasteiger partial charge in [0.25, 0.3) is 0 Å². The van der Waals surface area contributed by atoms with Crippen molar-refractivity contribution < 1.29 is 0 Å². The molecule has 98 valence electrons. The van der Waals surface area contributed by atoms with Crippen molar-refractivity contribution in [2.24, 2.45) is 0 Å². The van der Waals surface area contributed by atoms with Crippen LogP contribution in [0.25, 0.3) is 0 Å². The van der Waals surface area contributed by atoms with Crippen molar-refractivity contribution in [1.29, 1.82) is 0 Å². The maximum absolute atomic E-state index is 4.68. The van der Waals surface area contributed by atoms with Crippen LogP contribution in [0.1, 0.15) is 32.4 Å². The highest BCUT2D eigenvalue weighted by atomic mass is 15.2. The van der Waals surface area contributed by atoms with Crippen LogP contribution in [0.5, 0.6) is 0 Å². The first-order valence-electron chi connectivity index (χ1n) is 6.72. The summed E-state index contributed by atoms with van der Waals surface area (Å²) in [4.78, 5) is 11.3. The van der Waals surface area contributed by atoms with Crippen LogP contribution in [-0.4, -0.2) is 29.6 Å². The molecule has 0 bridgehead atoms. The van der Waals surface area contributed by atoms with E-state index in [0.717, 1.165) is 50.5 Å². The van der Waals surface area contributed by atoms with E-state index in [1.54, 1.807) is 0 Å². The number of rotatable bonds is 5. The van der Waals surface area contributed by atoms with E-state index < -0.39 is 0 Å². The predicted octanol–water partition coefficient (Wildman–Crippen LogP) is 2.13. The zero-order valence-electron chi connectivity index (χ0n) is 11.3. The lowest BCUT2D eigenvalue weighted by molar-refractivity contribution is 0.659. The Labute approximate surface area is 109 Å². The van der Waals surface area contributed by atoms with Crippen LogP contribution in [0.4, 0.5) is 5.82 Å². The molecule has 18 heavy (non-hydrogen) atoms. The van der Waals surface area contributed by atoms with Crippen molar-refractivity contribution in [2.75, 3.05) is 24.5 Å². The van der Waals surface area contributed by atoms with Crippen LogP contribution in [0.3, 0.4) is 0 Å². The summed E-state index contributed by atoms with van der Waals surface area (Å²) >= 11 is 0. The monoisotopic (exact) mass is 246 g/mol. The Hall–Kier alpha value is -1.42. The quantitative estimate of drug-likeness (QED) is 0.638. The van der Waals surface area contributed by atoms with Gasteiger partial charge in [-0.25, -0.2) is 4.98 Å². The van der Waals surface area contributed by atoms with Gasteiger partial charge in [-0.3, -0.25) is 4.98 Å². The molecular formula is C14H22N4. The van der Waals surface area contributed by atoms with E-state index in [9.17, 15) is 0 Å². The second-order valence-corrected chi connectivity index (χ2v) is 4.81. The lowest BCUT2D eigenvalue weighted by Crippen LogP contribution is -2.30. The van der Waals surface area contributed by atoms with Gasteiger partial charge in [0, 0.05) is 25.8 Å². The van der Waals surface area contributed by atoms with Gasteiger partial charge < -0.3 is 10.2 Å². The van der Waals surface area contributed by atoms with Crippen molar-refractivity contribution in [3.63, 3.8) is 0 Å². The van der Waals surface area contributed by atoms with Crippen LogP contribution in [0.15, 0.2) is 24.0 Å². The summed E-state index contributed by atoms with van der Waals surface area (Å²) in [6.45, 7) is 8.18. The second-order valence-electron chi connectivity index (χ2n) is 4.81. The van der Waals surface area contributed by atoms with Crippen LogP contribution >= 0.6 is 0 Å². The molecule has 1 aliphatic rings. The molecular weight excluding hydrogens is 224 g/mol. The minimum atomic E-state index is 0.803. The van der Waals surface area contributed by atoms with E-state index in [0.29, 0.717) is 0 Å². The standard InChI is InChI=1S/C14H22N4/c1-3-6-15-8-13-9-16-10-14(17-13)18-7-4-5-12(2)11-18/h5,9-10,15H,3-4,6-8,11H2,1-2H3. The van der Waals surface area contributed by atoms with E-state index >= 15 is 0 Å². The maximum Gasteiger partial charge on any atom is 0.147 e. The lowest BCUT2D eigenvalue weighted by Gasteiger charge is -2.27. The second kappa shape index (κ2) is 6.50. The van der Waals surface area contributed by atoms with Gasteiger partial charge in [0.05, 0.1) is 11.9 Å². The molecule has 1 aromatic rings. The Balaban J connectivity index is 2.00. The molecule has 0 atom stereocenters. The SMILES string of the molecule is CCCNCc1cncc(N2CCC=C(C)C2)n1. The third-order valence-electron chi connectivity index (χ3n) is 3.06. The molecule has 2 heterocycles. The van der Waals surface area contributed by atoms with Crippen molar-refractivity contribution in [2.45, 2.75) is 33.2 Å². The molecule has 0 unspecified atom stereocenters. The van der Waals surface area contributed by atoms with E-state index in [4.69, 9.17) is 0 Å². The average molecular weight is 246 g/mol. The Kier molecular flexibility index (Phi) is 4.70. The molecule has 1 aromatic heterocycles. The number of hydrogen-bond acceptors (Lipinski definition) is 4. The minimum absolute atomic E-state index is 0.803. The van der Waals surface area contributed by atoms with Gasteiger partial charge in [0.1, 0.15) is 5.82 Å². The van der Waals surface area contributed by atoms with E-state index in [1.807, 2.05) is 12.4 Å². The van der Waals surface area contributed by atoms with Gasteiger partial charge in [-0.05, 0) is 26.3 Å². The highest BCUT2D eigenvalue weighted by molar-refractivity contribution is 5.40. The zero-order valence-corrected chi connectivity index (χ0v) is 11.3. The Morgan fingerprint density at radius 3 is 3.06 bits per heavy atom. The Morgan fingerprint density at radius 2 is 2.28 bits per heavy atom. The number of nitrogens with one attached hydrogen (secondary N) is 1. The van der Waals surface area contributed by atoms with Crippen molar-refractivity contribution in [1.82, 2.24) is 15.3 Å². The summed E-state index contributed by atoms with van der Waals surface area (Å²) in [7, 11) is 0. The molecule has 0 radical (unpaired) electrons. The Bertz CT molecular complexity index is 414. The van der Waals surface area contributed by atoms with Crippen LogP contribution in [0, 0.1) is 0 Å². The molecule has 1 aliphatic heterocycles. The normalized spacial score (nSPS) is 15.7. The van der Waals surface area contributed by atoms with Gasteiger partial charge in [-0.1, -0.05) is 18.6 Å². The summed E-state index contributed by atoms with van der Waals surface area (Å²) in [5.41, 5.74) is 2.44. The molecule has 0 saturated carbocycles. The Morgan fingerprint density at radius 1 is 1.39 bits per heavy atom. The topological polar surface area (TPSA) is 41.1 Å². The summed E-state index contributed by atoms with van der Waals surface area (Å²) in [6, 6.07) is 0. The van der Waals surface area contributed by atoms with Gasteiger partial charge >= 0.3 is 0 Å². The fourth-order valence-corrected chi connectivity index (χ4v) is 2.13. The molecule has 1 N–H and O–H groups in total. The summed E-state index contributed by atoms with van der Waals surface area (Å²) in [5, 5.41) is 3.36. The van der Waals surface area contributed by atoms with Crippen LogP contribution in [-0.2, 0) is 6.54 Å². The first-order chi connectivity index (χ1) is 8.79. The first-order valence-corrected chi connectivity index (χ1v) is 6.72. The van der Waals surface area contributed by atoms with Crippen molar-refractivity contribution in [3.8, 4) is 0 Å².